The Labute approximate surface area is 161 Å². The molecule has 2 aromatic heterocycles. The monoisotopic (exact) mass is 383 g/mol. The van der Waals surface area contributed by atoms with Crippen molar-refractivity contribution in [3.05, 3.63) is 48.4 Å². The summed E-state index contributed by atoms with van der Waals surface area (Å²) in [5.74, 6) is 0.241. The lowest BCUT2D eigenvalue weighted by molar-refractivity contribution is 0.0566. The van der Waals surface area contributed by atoms with Crippen LogP contribution in [0.25, 0.3) is 11.0 Å². The van der Waals surface area contributed by atoms with Gasteiger partial charge in [-0.3, -0.25) is 4.79 Å². The van der Waals surface area contributed by atoms with E-state index in [1.807, 2.05) is 28.8 Å². The van der Waals surface area contributed by atoms with Gasteiger partial charge in [-0.05, 0) is 19.1 Å². The molecule has 0 atom stereocenters. The number of ether oxygens (including phenoxy) is 1. The minimum atomic E-state index is -0.342. The van der Waals surface area contributed by atoms with Crippen molar-refractivity contribution in [3.8, 4) is 0 Å². The first-order valence-electron chi connectivity index (χ1n) is 9.21. The lowest BCUT2D eigenvalue weighted by Crippen LogP contribution is -2.50. The van der Waals surface area contributed by atoms with Crippen LogP contribution in [0.4, 0.5) is 4.79 Å². The molecule has 9 nitrogen and oxygen atoms in total. The number of para-hydroxylation sites is 2. The van der Waals surface area contributed by atoms with Gasteiger partial charge in [0.2, 0.25) is 5.89 Å². The van der Waals surface area contributed by atoms with E-state index in [0.717, 1.165) is 11.0 Å². The van der Waals surface area contributed by atoms with Crippen LogP contribution in [-0.2, 0) is 11.3 Å². The number of carbonyl (C=O) groups excluding carboxylic acids is 2. The van der Waals surface area contributed by atoms with Crippen LogP contribution >= 0.6 is 0 Å². The highest BCUT2D eigenvalue weighted by molar-refractivity contribution is 5.92. The van der Waals surface area contributed by atoms with Gasteiger partial charge in [-0.25, -0.2) is 14.8 Å². The number of piperazine rings is 1. The average molecular weight is 383 g/mol. The zero-order chi connectivity index (χ0) is 19.5. The maximum Gasteiger partial charge on any atom is 0.409 e. The topological polar surface area (TPSA) is 93.7 Å². The third-order valence-electron chi connectivity index (χ3n) is 4.70. The summed E-state index contributed by atoms with van der Waals surface area (Å²) in [6.45, 7) is 4.26. The molecular weight excluding hydrogens is 362 g/mol. The summed E-state index contributed by atoms with van der Waals surface area (Å²) < 4.78 is 12.4. The van der Waals surface area contributed by atoms with E-state index in [0.29, 0.717) is 45.2 Å². The van der Waals surface area contributed by atoms with Crippen LogP contribution < -0.4 is 0 Å². The standard InChI is InChI=1S/C19H21N5O4/c1-2-27-19(26)23-9-7-22(8-10-23)18(25)15-12-28-17(21-15)11-24-13-20-14-5-3-4-6-16(14)24/h3-6,12-13H,2,7-11H2,1H3. The lowest BCUT2D eigenvalue weighted by atomic mass is 10.3. The number of oxazole rings is 1. The van der Waals surface area contributed by atoms with Gasteiger partial charge in [0.25, 0.3) is 5.91 Å². The Kier molecular flexibility index (Phi) is 4.96. The quantitative estimate of drug-likeness (QED) is 0.684. The first kappa shape index (κ1) is 18.0. The molecule has 146 valence electrons. The molecule has 1 aliphatic heterocycles. The summed E-state index contributed by atoms with van der Waals surface area (Å²) in [7, 11) is 0. The predicted molar refractivity (Wildman–Crippen MR) is 99.8 cm³/mol. The molecule has 2 amide bonds. The predicted octanol–water partition coefficient (Wildman–Crippen LogP) is 1.99. The molecule has 0 aliphatic carbocycles. The van der Waals surface area contributed by atoms with Crippen molar-refractivity contribution >= 4 is 23.0 Å². The largest absolute Gasteiger partial charge is 0.450 e. The molecule has 3 aromatic rings. The van der Waals surface area contributed by atoms with Crippen molar-refractivity contribution in [3.63, 3.8) is 0 Å². The van der Waals surface area contributed by atoms with Crippen molar-refractivity contribution in [1.82, 2.24) is 24.3 Å². The number of benzene rings is 1. The fourth-order valence-corrected chi connectivity index (χ4v) is 3.23. The molecule has 1 saturated heterocycles. The third-order valence-corrected chi connectivity index (χ3v) is 4.70. The van der Waals surface area contributed by atoms with Gasteiger partial charge in [-0.15, -0.1) is 0 Å². The van der Waals surface area contributed by atoms with Gasteiger partial charge in [0.05, 0.1) is 24.0 Å². The smallest absolute Gasteiger partial charge is 0.409 e. The Morgan fingerprint density at radius 1 is 1.14 bits per heavy atom. The van der Waals surface area contributed by atoms with E-state index in [4.69, 9.17) is 9.15 Å². The highest BCUT2D eigenvalue weighted by atomic mass is 16.6. The number of fused-ring (bicyclic) bond motifs is 1. The fraction of sp³-hybridized carbons (Fsp3) is 0.368. The van der Waals surface area contributed by atoms with Crippen molar-refractivity contribution in [2.75, 3.05) is 32.8 Å². The minimum absolute atomic E-state index is 0.200. The van der Waals surface area contributed by atoms with Crippen LogP contribution in [0.15, 0.2) is 41.3 Å². The minimum Gasteiger partial charge on any atom is -0.450 e. The van der Waals surface area contributed by atoms with Crippen LogP contribution in [0.3, 0.4) is 0 Å². The second-order valence-electron chi connectivity index (χ2n) is 6.47. The summed E-state index contributed by atoms with van der Waals surface area (Å²) in [4.78, 5) is 36.4. The van der Waals surface area contributed by atoms with Crippen LogP contribution in [0, 0.1) is 0 Å². The van der Waals surface area contributed by atoms with Crippen LogP contribution in [0.2, 0.25) is 0 Å². The number of hydrogen-bond acceptors (Lipinski definition) is 6. The summed E-state index contributed by atoms with van der Waals surface area (Å²) in [6.07, 6.45) is 2.77. The van der Waals surface area contributed by atoms with E-state index in [1.165, 1.54) is 6.26 Å². The summed E-state index contributed by atoms with van der Waals surface area (Å²) in [5.41, 5.74) is 2.14. The number of rotatable bonds is 4. The molecule has 0 bridgehead atoms. The van der Waals surface area contributed by atoms with E-state index in [1.54, 1.807) is 23.1 Å². The van der Waals surface area contributed by atoms with Crippen molar-refractivity contribution in [2.45, 2.75) is 13.5 Å². The number of nitrogens with zero attached hydrogens (tertiary/aromatic N) is 5. The molecule has 1 aliphatic rings. The number of amides is 2. The second kappa shape index (κ2) is 7.71. The number of imidazole rings is 1. The normalized spacial score (nSPS) is 14.5. The molecule has 1 fully saturated rings. The van der Waals surface area contributed by atoms with E-state index >= 15 is 0 Å². The van der Waals surface area contributed by atoms with Crippen molar-refractivity contribution < 1.29 is 18.7 Å². The molecular formula is C19H21N5O4. The number of carbonyl (C=O) groups is 2. The van der Waals surface area contributed by atoms with Crippen LogP contribution in [0.5, 0.6) is 0 Å². The molecule has 0 radical (unpaired) electrons. The Balaban J connectivity index is 1.39. The Morgan fingerprint density at radius 2 is 1.89 bits per heavy atom. The summed E-state index contributed by atoms with van der Waals surface area (Å²) in [6, 6.07) is 7.79. The first-order chi connectivity index (χ1) is 13.7. The van der Waals surface area contributed by atoms with Gasteiger partial charge in [0, 0.05) is 26.2 Å². The van der Waals surface area contributed by atoms with Crippen molar-refractivity contribution in [1.29, 1.82) is 0 Å². The SMILES string of the molecule is CCOC(=O)N1CCN(C(=O)c2coc(Cn3cnc4ccccc43)n2)CC1. The molecule has 0 unspecified atom stereocenters. The number of hydrogen-bond donors (Lipinski definition) is 0. The molecule has 3 heterocycles. The van der Waals surface area contributed by atoms with Gasteiger partial charge in [0.15, 0.2) is 5.69 Å². The molecule has 28 heavy (non-hydrogen) atoms. The van der Waals surface area contributed by atoms with Gasteiger partial charge < -0.3 is 23.5 Å². The van der Waals surface area contributed by atoms with Crippen molar-refractivity contribution in [2.24, 2.45) is 0 Å². The van der Waals surface area contributed by atoms with E-state index in [-0.39, 0.29) is 17.7 Å². The van der Waals surface area contributed by atoms with Gasteiger partial charge in [-0.1, -0.05) is 12.1 Å². The van der Waals surface area contributed by atoms with Crippen LogP contribution in [-0.4, -0.2) is 69.1 Å². The molecule has 9 heteroatoms. The van der Waals surface area contributed by atoms with E-state index in [2.05, 4.69) is 9.97 Å². The highest BCUT2D eigenvalue weighted by Gasteiger charge is 2.27. The van der Waals surface area contributed by atoms with Gasteiger partial charge in [-0.2, -0.15) is 0 Å². The fourth-order valence-electron chi connectivity index (χ4n) is 3.23. The summed E-state index contributed by atoms with van der Waals surface area (Å²) in [5, 5.41) is 0. The zero-order valence-electron chi connectivity index (χ0n) is 15.6. The first-order valence-corrected chi connectivity index (χ1v) is 9.21. The molecule has 0 saturated carbocycles. The third kappa shape index (κ3) is 3.55. The second-order valence-corrected chi connectivity index (χ2v) is 6.47. The lowest BCUT2D eigenvalue weighted by Gasteiger charge is -2.33. The van der Waals surface area contributed by atoms with Crippen LogP contribution in [0.1, 0.15) is 23.3 Å². The highest BCUT2D eigenvalue weighted by Crippen LogP contribution is 2.15. The number of aromatic nitrogens is 3. The molecule has 4 rings (SSSR count). The molecule has 1 aromatic carbocycles. The maximum atomic E-state index is 12.7. The summed E-state index contributed by atoms with van der Waals surface area (Å²) >= 11 is 0. The van der Waals surface area contributed by atoms with Gasteiger partial charge in [0.1, 0.15) is 12.8 Å². The maximum absolute atomic E-state index is 12.7. The Hall–Kier alpha value is -3.36. The van der Waals surface area contributed by atoms with E-state index in [9.17, 15) is 9.59 Å². The zero-order valence-corrected chi connectivity index (χ0v) is 15.6. The Bertz CT molecular complexity index is 987. The average Bonchev–Trinajstić information content (AvgIpc) is 3.36. The Morgan fingerprint density at radius 3 is 2.68 bits per heavy atom. The molecule has 0 N–H and O–H groups in total. The van der Waals surface area contributed by atoms with Gasteiger partial charge >= 0.3 is 6.09 Å². The van der Waals surface area contributed by atoms with E-state index < -0.39 is 0 Å². The molecule has 0 spiro atoms.